The van der Waals surface area contributed by atoms with Crippen LogP contribution in [0.3, 0.4) is 0 Å². The monoisotopic (exact) mass is 501 g/mol. The van der Waals surface area contributed by atoms with Crippen LogP contribution in [0.4, 0.5) is 5.69 Å². The predicted octanol–water partition coefficient (Wildman–Crippen LogP) is 2.48. The van der Waals surface area contributed by atoms with E-state index in [1.807, 2.05) is 34.6 Å². The van der Waals surface area contributed by atoms with Crippen molar-refractivity contribution in [2.75, 3.05) is 25.1 Å². The van der Waals surface area contributed by atoms with Gasteiger partial charge in [-0.25, -0.2) is 0 Å². The molecular formula is C27H39N3O6. The molecule has 36 heavy (non-hydrogen) atoms. The van der Waals surface area contributed by atoms with E-state index in [1.54, 1.807) is 29.2 Å². The number of nitrogens with zero attached hydrogens (tertiary/aromatic N) is 1. The minimum Gasteiger partial charge on any atom is -0.494 e. The molecule has 4 rings (SSSR count). The van der Waals surface area contributed by atoms with Crippen molar-refractivity contribution in [2.45, 2.75) is 83.1 Å². The fourth-order valence-electron chi connectivity index (χ4n) is 6.22. The number of ether oxygens (including phenoxy) is 2. The summed E-state index contributed by atoms with van der Waals surface area (Å²) >= 11 is 0. The van der Waals surface area contributed by atoms with E-state index in [0.29, 0.717) is 50.3 Å². The highest BCUT2D eigenvalue weighted by molar-refractivity contribution is 6.02. The van der Waals surface area contributed by atoms with Gasteiger partial charge >= 0.3 is 0 Å². The summed E-state index contributed by atoms with van der Waals surface area (Å²) in [6.45, 7) is 10.4. The van der Waals surface area contributed by atoms with Crippen LogP contribution in [0, 0.1) is 11.8 Å². The van der Waals surface area contributed by atoms with Crippen LogP contribution in [0.25, 0.3) is 0 Å². The Morgan fingerprint density at radius 3 is 2.47 bits per heavy atom. The minimum atomic E-state index is -1.05. The smallest absolute Gasteiger partial charge is 0.246 e. The average molecular weight is 502 g/mol. The molecule has 0 aliphatic carbocycles. The fourth-order valence-corrected chi connectivity index (χ4v) is 6.22. The third-order valence-corrected chi connectivity index (χ3v) is 7.55. The van der Waals surface area contributed by atoms with Crippen LogP contribution in [0.2, 0.25) is 0 Å². The van der Waals surface area contributed by atoms with Crippen molar-refractivity contribution in [1.82, 2.24) is 10.2 Å². The molecule has 2 bridgehead atoms. The standard InChI is InChI=1S/C27H39N3O6/c1-6-35-18-11-9-17(10-12-18)28-22(32)19-20-24(34)30(15-7-8-16-31)21(23(33)29-25(2,3)4)27(20)14-13-26(19,5)36-27/h9-12,19-21,31H,6-8,13-16H2,1-5H3,(H,28,32)(H,29,33)/t19-,20+,21?,26+,27?/m1/s1. The Morgan fingerprint density at radius 1 is 1.17 bits per heavy atom. The fraction of sp³-hybridized carbons (Fsp3) is 0.667. The molecule has 3 heterocycles. The molecule has 9 nitrogen and oxygen atoms in total. The van der Waals surface area contributed by atoms with Crippen molar-refractivity contribution in [3.63, 3.8) is 0 Å². The highest BCUT2D eigenvalue weighted by Crippen LogP contribution is 2.63. The molecule has 3 aliphatic heterocycles. The molecule has 1 aromatic rings. The van der Waals surface area contributed by atoms with E-state index < -0.39 is 34.6 Å². The van der Waals surface area contributed by atoms with Crippen LogP contribution >= 0.6 is 0 Å². The molecule has 1 spiro atoms. The SMILES string of the molecule is CCOc1ccc(NC(=O)[C@H]2[C@H]3C(=O)N(CCCCO)C(C(=O)NC(C)(C)C)C34CC[C@]2(C)O4)cc1. The van der Waals surface area contributed by atoms with E-state index in [0.717, 1.165) is 0 Å². The summed E-state index contributed by atoms with van der Waals surface area (Å²) in [7, 11) is 0. The van der Waals surface area contributed by atoms with Crippen LogP contribution in [0.1, 0.15) is 60.3 Å². The summed E-state index contributed by atoms with van der Waals surface area (Å²) in [6, 6.07) is 6.29. The third-order valence-electron chi connectivity index (χ3n) is 7.55. The number of aliphatic hydroxyl groups excluding tert-OH is 1. The van der Waals surface area contributed by atoms with Crippen LogP contribution in [0.15, 0.2) is 24.3 Å². The number of amides is 3. The van der Waals surface area contributed by atoms with Crippen molar-refractivity contribution in [2.24, 2.45) is 11.8 Å². The number of unbranched alkanes of at least 4 members (excludes halogenated alkanes) is 1. The maximum absolute atomic E-state index is 13.9. The number of aliphatic hydroxyl groups is 1. The van der Waals surface area contributed by atoms with Gasteiger partial charge in [-0.05, 0) is 84.6 Å². The van der Waals surface area contributed by atoms with Crippen LogP contribution in [-0.4, -0.2) is 70.3 Å². The number of fused-ring (bicyclic) bond motifs is 1. The Labute approximate surface area is 212 Å². The molecule has 5 atom stereocenters. The largest absolute Gasteiger partial charge is 0.494 e. The summed E-state index contributed by atoms with van der Waals surface area (Å²) in [6.07, 6.45) is 2.20. The molecule has 0 aromatic heterocycles. The summed E-state index contributed by atoms with van der Waals surface area (Å²) in [5, 5.41) is 15.3. The number of hydrogen-bond acceptors (Lipinski definition) is 6. The van der Waals surface area contributed by atoms with Crippen molar-refractivity contribution < 1.29 is 29.0 Å². The molecule has 3 amide bonds. The molecule has 0 radical (unpaired) electrons. The molecule has 3 N–H and O–H groups in total. The van der Waals surface area contributed by atoms with Crippen LogP contribution in [-0.2, 0) is 19.1 Å². The molecular weight excluding hydrogens is 462 g/mol. The van der Waals surface area contributed by atoms with Gasteiger partial charge in [0.2, 0.25) is 17.7 Å². The van der Waals surface area contributed by atoms with Gasteiger partial charge in [0.15, 0.2) is 0 Å². The lowest BCUT2D eigenvalue weighted by Crippen LogP contribution is -2.58. The number of anilines is 1. The normalized spacial score (nSPS) is 30.9. The molecule has 2 unspecified atom stereocenters. The molecule has 0 saturated carbocycles. The van der Waals surface area contributed by atoms with Gasteiger partial charge in [-0.1, -0.05) is 0 Å². The van der Waals surface area contributed by atoms with E-state index in [-0.39, 0.29) is 24.3 Å². The number of carbonyl (C=O) groups excluding carboxylic acids is 3. The van der Waals surface area contributed by atoms with E-state index >= 15 is 0 Å². The third kappa shape index (κ3) is 4.59. The maximum Gasteiger partial charge on any atom is 0.246 e. The van der Waals surface area contributed by atoms with Gasteiger partial charge in [-0.15, -0.1) is 0 Å². The molecule has 3 aliphatic rings. The number of carbonyl (C=O) groups is 3. The first-order valence-electron chi connectivity index (χ1n) is 12.9. The Balaban J connectivity index is 1.64. The summed E-state index contributed by atoms with van der Waals surface area (Å²) in [4.78, 5) is 42.7. The maximum atomic E-state index is 13.9. The number of likely N-dealkylation sites (tertiary alicyclic amines) is 1. The number of hydrogen-bond donors (Lipinski definition) is 3. The number of benzene rings is 1. The lowest BCUT2D eigenvalue weighted by Gasteiger charge is -2.35. The van der Waals surface area contributed by atoms with Gasteiger partial charge < -0.3 is 30.1 Å². The zero-order valence-corrected chi connectivity index (χ0v) is 21.9. The lowest BCUT2D eigenvalue weighted by atomic mass is 9.66. The van der Waals surface area contributed by atoms with Gasteiger partial charge in [0.1, 0.15) is 17.4 Å². The number of rotatable bonds is 9. The Kier molecular flexibility index (Phi) is 7.09. The first kappa shape index (κ1) is 26.4. The lowest BCUT2D eigenvalue weighted by molar-refractivity contribution is -0.145. The topological polar surface area (TPSA) is 117 Å². The highest BCUT2D eigenvalue weighted by Gasteiger charge is 2.77. The summed E-state index contributed by atoms with van der Waals surface area (Å²) < 4.78 is 12.1. The molecule has 1 aromatic carbocycles. The second-order valence-corrected chi connectivity index (χ2v) is 11.4. The van der Waals surface area contributed by atoms with Crippen molar-refractivity contribution >= 4 is 23.4 Å². The minimum absolute atomic E-state index is 0.0111. The van der Waals surface area contributed by atoms with Gasteiger partial charge in [0.25, 0.3) is 0 Å². The van der Waals surface area contributed by atoms with E-state index in [9.17, 15) is 19.5 Å². The molecule has 3 saturated heterocycles. The summed E-state index contributed by atoms with van der Waals surface area (Å²) in [5.74, 6) is -1.53. The quantitative estimate of drug-likeness (QED) is 0.448. The van der Waals surface area contributed by atoms with Crippen LogP contribution < -0.4 is 15.4 Å². The average Bonchev–Trinajstić information content (AvgIpc) is 3.35. The van der Waals surface area contributed by atoms with Gasteiger partial charge in [0, 0.05) is 24.4 Å². The second-order valence-electron chi connectivity index (χ2n) is 11.4. The predicted molar refractivity (Wildman–Crippen MR) is 134 cm³/mol. The van der Waals surface area contributed by atoms with Gasteiger partial charge in [-0.2, -0.15) is 0 Å². The van der Waals surface area contributed by atoms with E-state index in [2.05, 4.69) is 10.6 Å². The Hall–Kier alpha value is -2.65. The first-order valence-corrected chi connectivity index (χ1v) is 12.9. The van der Waals surface area contributed by atoms with Gasteiger partial charge in [0.05, 0.1) is 24.0 Å². The Morgan fingerprint density at radius 2 is 1.86 bits per heavy atom. The summed E-state index contributed by atoms with van der Waals surface area (Å²) in [5.41, 5.74) is -1.78. The van der Waals surface area contributed by atoms with Crippen molar-refractivity contribution in [3.8, 4) is 5.75 Å². The van der Waals surface area contributed by atoms with Crippen LogP contribution in [0.5, 0.6) is 5.75 Å². The Bertz CT molecular complexity index is 1010. The first-order chi connectivity index (χ1) is 17.0. The van der Waals surface area contributed by atoms with Gasteiger partial charge in [-0.3, -0.25) is 14.4 Å². The zero-order chi connectivity index (χ0) is 26.3. The zero-order valence-electron chi connectivity index (χ0n) is 21.9. The van der Waals surface area contributed by atoms with E-state index in [1.165, 1.54) is 0 Å². The second kappa shape index (κ2) is 9.67. The molecule has 198 valence electrons. The van der Waals surface area contributed by atoms with Crippen molar-refractivity contribution in [1.29, 1.82) is 0 Å². The highest BCUT2D eigenvalue weighted by atomic mass is 16.5. The molecule has 3 fully saturated rings. The molecule has 9 heteroatoms. The number of nitrogens with one attached hydrogen (secondary N) is 2. The van der Waals surface area contributed by atoms with E-state index in [4.69, 9.17) is 9.47 Å². The van der Waals surface area contributed by atoms with Crippen molar-refractivity contribution in [3.05, 3.63) is 24.3 Å².